The second-order valence-corrected chi connectivity index (χ2v) is 6.80. The molecule has 0 amide bonds. The molecule has 0 saturated heterocycles. The van der Waals surface area contributed by atoms with E-state index in [1.54, 1.807) is 12.4 Å². The van der Waals surface area contributed by atoms with Crippen LogP contribution in [0.3, 0.4) is 0 Å². The lowest BCUT2D eigenvalue weighted by atomic mass is 10.1. The van der Waals surface area contributed by atoms with Crippen molar-refractivity contribution in [2.24, 2.45) is 0 Å². The van der Waals surface area contributed by atoms with E-state index >= 15 is 0 Å². The van der Waals surface area contributed by atoms with Gasteiger partial charge in [0, 0.05) is 43.8 Å². The summed E-state index contributed by atoms with van der Waals surface area (Å²) >= 11 is 1.08. The van der Waals surface area contributed by atoms with Gasteiger partial charge < -0.3 is 9.62 Å². The molecular weight excluding hydrogens is 354 g/mol. The highest BCUT2D eigenvalue weighted by molar-refractivity contribution is 8.00. The lowest BCUT2D eigenvalue weighted by molar-refractivity contribution is 0.566. The predicted octanol–water partition coefficient (Wildman–Crippen LogP) is 4.92. The summed E-state index contributed by atoms with van der Waals surface area (Å²) in [6.07, 6.45) is 3.54. The number of aryl methyl sites for hydroxylation is 1. The van der Waals surface area contributed by atoms with Gasteiger partial charge >= 0.3 is 0 Å². The topological polar surface area (TPSA) is 41.1 Å². The highest BCUT2D eigenvalue weighted by atomic mass is 32.2. The van der Waals surface area contributed by atoms with E-state index in [9.17, 15) is 8.78 Å². The maximum Gasteiger partial charge on any atom is 0.152 e. The van der Waals surface area contributed by atoms with Crippen LogP contribution >= 0.6 is 11.9 Å². The van der Waals surface area contributed by atoms with Gasteiger partial charge in [0.05, 0.1) is 10.6 Å². The largest absolute Gasteiger partial charge is 0.361 e. The molecule has 0 radical (unpaired) electrons. The van der Waals surface area contributed by atoms with Crippen LogP contribution in [0, 0.1) is 18.6 Å². The van der Waals surface area contributed by atoms with Crippen LogP contribution in [0.5, 0.6) is 0 Å². The van der Waals surface area contributed by atoms with E-state index in [2.05, 4.69) is 14.7 Å². The number of rotatable bonds is 5. The van der Waals surface area contributed by atoms with Gasteiger partial charge in [-0.2, -0.15) is 0 Å². The van der Waals surface area contributed by atoms with Gasteiger partial charge in [0.15, 0.2) is 5.82 Å². The molecule has 0 aliphatic carbocycles. The summed E-state index contributed by atoms with van der Waals surface area (Å²) < 4.78 is 30.1. The Labute approximate surface area is 155 Å². The van der Waals surface area contributed by atoms with Crippen molar-refractivity contribution < 1.29 is 8.78 Å². The number of anilines is 2. The Kier molecular flexibility index (Phi) is 5.37. The third-order valence-corrected chi connectivity index (χ3v) is 4.56. The van der Waals surface area contributed by atoms with Crippen LogP contribution in [0.2, 0.25) is 0 Å². The number of halogens is 2. The maximum atomic E-state index is 13.9. The zero-order valence-corrected chi connectivity index (χ0v) is 15.4. The monoisotopic (exact) mass is 372 g/mol. The molecule has 4 nitrogen and oxygen atoms in total. The summed E-state index contributed by atoms with van der Waals surface area (Å²) in [6.45, 7) is 1.93. The van der Waals surface area contributed by atoms with Crippen LogP contribution in [0.1, 0.15) is 5.69 Å². The van der Waals surface area contributed by atoms with Crippen LogP contribution in [0.4, 0.5) is 20.3 Å². The molecule has 0 unspecified atom stereocenters. The van der Waals surface area contributed by atoms with Crippen LogP contribution in [0.15, 0.2) is 53.7 Å². The van der Waals surface area contributed by atoms with E-state index in [0.29, 0.717) is 4.90 Å². The fourth-order valence-electron chi connectivity index (χ4n) is 2.44. The quantitative estimate of drug-likeness (QED) is 0.644. The molecule has 26 heavy (non-hydrogen) atoms. The van der Waals surface area contributed by atoms with Gasteiger partial charge in [0.1, 0.15) is 11.6 Å². The number of pyridine rings is 2. The molecule has 0 saturated carbocycles. The molecule has 0 atom stereocenters. The van der Waals surface area contributed by atoms with E-state index < -0.39 is 11.6 Å². The summed E-state index contributed by atoms with van der Waals surface area (Å²) in [4.78, 5) is 10.9. The molecule has 0 bridgehead atoms. The number of aromatic nitrogens is 2. The predicted molar refractivity (Wildman–Crippen MR) is 102 cm³/mol. The average molecular weight is 372 g/mol. The Morgan fingerprint density at radius 1 is 1.00 bits per heavy atom. The van der Waals surface area contributed by atoms with E-state index in [0.717, 1.165) is 46.3 Å². The fraction of sp³-hybridized carbons (Fsp3) is 0.158. The summed E-state index contributed by atoms with van der Waals surface area (Å²) in [5.74, 6) is -0.491. The van der Waals surface area contributed by atoms with Gasteiger partial charge in [-0.15, -0.1) is 0 Å². The molecule has 0 aliphatic heterocycles. The second-order valence-electron chi connectivity index (χ2n) is 5.95. The highest BCUT2D eigenvalue weighted by Crippen LogP contribution is 2.32. The molecule has 0 aliphatic rings. The minimum absolute atomic E-state index is 0.307. The minimum atomic E-state index is -0.609. The van der Waals surface area contributed by atoms with Crippen molar-refractivity contribution in [3.63, 3.8) is 0 Å². The normalized spacial score (nSPS) is 10.7. The van der Waals surface area contributed by atoms with Crippen molar-refractivity contribution >= 4 is 23.5 Å². The van der Waals surface area contributed by atoms with Crippen molar-refractivity contribution in [2.75, 3.05) is 23.7 Å². The van der Waals surface area contributed by atoms with Gasteiger partial charge in [-0.05, 0) is 54.8 Å². The maximum absolute atomic E-state index is 13.9. The third-order valence-electron chi connectivity index (χ3n) is 3.69. The number of nitrogens with zero attached hydrogens (tertiary/aromatic N) is 3. The molecule has 2 aromatic heterocycles. The molecular formula is C19H18F2N4S. The standard InChI is InChI=1S/C19H18F2N4S/c1-12-8-13(6-7-22-12)14-9-17(19(23-11-14)25(2)3)24-26-18-5-4-15(20)10-16(18)21/h4-11,24H,1-3H3. The first-order chi connectivity index (χ1) is 12.4. The first-order valence-electron chi connectivity index (χ1n) is 7.92. The van der Waals surface area contributed by atoms with Gasteiger partial charge in [-0.25, -0.2) is 13.8 Å². The van der Waals surface area contributed by atoms with E-state index in [-0.39, 0.29) is 0 Å². The summed E-state index contributed by atoms with van der Waals surface area (Å²) in [5.41, 5.74) is 3.56. The van der Waals surface area contributed by atoms with E-state index in [1.807, 2.05) is 44.1 Å². The zero-order valence-electron chi connectivity index (χ0n) is 14.6. The average Bonchev–Trinajstić information content (AvgIpc) is 2.60. The van der Waals surface area contributed by atoms with Gasteiger partial charge in [0.25, 0.3) is 0 Å². The van der Waals surface area contributed by atoms with Crippen molar-refractivity contribution in [1.29, 1.82) is 0 Å². The van der Waals surface area contributed by atoms with Crippen molar-refractivity contribution in [1.82, 2.24) is 9.97 Å². The lowest BCUT2D eigenvalue weighted by Crippen LogP contribution is -2.12. The Hall–Kier alpha value is -2.67. The molecule has 7 heteroatoms. The molecule has 0 spiro atoms. The summed E-state index contributed by atoms with van der Waals surface area (Å²) in [7, 11) is 3.76. The number of hydrogen-bond donors (Lipinski definition) is 1. The zero-order chi connectivity index (χ0) is 18.7. The Balaban J connectivity index is 1.92. The van der Waals surface area contributed by atoms with Crippen molar-refractivity contribution in [2.45, 2.75) is 11.8 Å². The van der Waals surface area contributed by atoms with Gasteiger partial charge in [0.2, 0.25) is 0 Å². The van der Waals surface area contributed by atoms with E-state index in [1.165, 1.54) is 12.1 Å². The molecule has 1 N–H and O–H groups in total. The van der Waals surface area contributed by atoms with Gasteiger partial charge in [-0.1, -0.05) is 0 Å². The Morgan fingerprint density at radius 2 is 1.81 bits per heavy atom. The molecule has 134 valence electrons. The first kappa shape index (κ1) is 18.1. The van der Waals surface area contributed by atoms with Gasteiger partial charge in [-0.3, -0.25) is 4.98 Å². The smallest absolute Gasteiger partial charge is 0.152 e. The number of nitrogens with one attached hydrogen (secondary N) is 1. The molecule has 3 rings (SSSR count). The molecule has 2 heterocycles. The SMILES string of the molecule is Cc1cc(-c2cnc(N(C)C)c(NSc3ccc(F)cc3F)c2)ccn1. The number of benzene rings is 1. The molecule has 0 fully saturated rings. The lowest BCUT2D eigenvalue weighted by Gasteiger charge is -2.18. The molecule has 3 aromatic rings. The fourth-order valence-corrected chi connectivity index (χ4v) is 3.10. The number of hydrogen-bond acceptors (Lipinski definition) is 5. The second kappa shape index (κ2) is 7.70. The molecule has 1 aromatic carbocycles. The first-order valence-corrected chi connectivity index (χ1v) is 8.74. The van der Waals surface area contributed by atoms with Crippen molar-refractivity contribution in [3.05, 3.63) is 66.1 Å². The highest BCUT2D eigenvalue weighted by Gasteiger charge is 2.11. The minimum Gasteiger partial charge on any atom is -0.361 e. The Morgan fingerprint density at radius 3 is 2.50 bits per heavy atom. The van der Waals surface area contributed by atoms with Crippen LogP contribution in [0.25, 0.3) is 11.1 Å². The van der Waals surface area contributed by atoms with Crippen LogP contribution in [-0.2, 0) is 0 Å². The van der Waals surface area contributed by atoms with Crippen LogP contribution < -0.4 is 9.62 Å². The Bertz CT molecular complexity index is 931. The summed E-state index contributed by atoms with van der Waals surface area (Å²) in [6, 6.07) is 9.34. The van der Waals surface area contributed by atoms with Crippen LogP contribution in [-0.4, -0.2) is 24.1 Å². The van der Waals surface area contributed by atoms with E-state index in [4.69, 9.17) is 0 Å². The van der Waals surface area contributed by atoms with Crippen molar-refractivity contribution in [3.8, 4) is 11.1 Å². The summed E-state index contributed by atoms with van der Waals surface area (Å²) in [5, 5.41) is 0. The third kappa shape index (κ3) is 4.11.